The third-order valence-corrected chi connectivity index (χ3v) is 4.65. The predicted molar refractivity (Wildman–Crippen MR) is 93.9 cm³/mol. The first-order valence-corrected chi connectivity index (χ1v) is 8.49. The van der Waals surface area contributed by atoms with Crippen LogP contribution in [0.5, 0.6) is 0 Å². The fraction of sp³-hybridized carbons (Fsp3) is 0.421. The number of pyridine rings is 1. The highest BCUT2D eigenvalue weighted by molar-refractivity contribution is 6.07. The molecule has 1 aliphatic rings. The van der Waals surface area contributed by atoms with Crippen molar-refractivity contribution in [3.05, 3.63) is 41.1 Å². The molecule has 2 N–H and O–H groups in total. The Morgan fingerprint density at radius 2 is 2.08 bits per heavy atom. The first-order chi connectivity index (χ1) is 11.6. The summed E-state index contributed by atoms with van der Waals surface area (Å²) in [6.07, 6.45) is 3.19. The number of amides is 2. The number of hydrogen-bond acceptors (Lipinski definition) is 3. The van der Waals surface area contributed by atoms with Gasteiger partial charge in [-0.3, -0.25) is 14.6 Å². The second kappa shape index (κ2) is 6.99. The topological polar surface area (TPSA) is 71.1 Å². The van der Waals surface area contributed by atoms with Gasteiger partial charge in [0, 0.05) is 31.1 Å². The van der Waals surface area contributed by atoms with Crippen LogP contribution in [0.3, 0.4) is 0 Å². The SMILES string of the molecule is CNC(=O)CCNC(=O)c1c2c(nc3ccccc13)CC[C@H](C)C2. The van der Waals surface area contributed by atoms with Crippen LogP contribution in [-0.4, -0.2) is 30.4 Å². The highest BCUT2D eigenvalue weighted by Crippen LogP contribution is 2.31. The van der Waals surface area contributed by atoms with Crippen molar-refractivity contribution in [1.29, 1.82) is 0 Å². The van der Waals surface area contributed by atoms with Crippen molar-refractivity contribution < 1.29 is 9.59 Å². The number of para-hydroxylation sites is 1. The molecular formula is C19H23N3O2. The van der Waals surface area contributed by atoms with Crippen LogP contribution in [-0.2, 0) is 17.6 Å². The molecule has 1 heterocycles. The van der Waals surface area contributed by atoms with Crippen molar-refractivity contribution >= 4 is 22.7 Å². The van der Waals surface area contributed by atoms with Crippen molar-refractivity contribution in [2.24, 2.45) is 5.92 Å². The minimum Gasteiger partial charge on any atom is -0.359 e. The van der Waals surface area contributed by atoms with E-state index in [-0.39, 0.29) is 18.2 Å². The zero-order valence-corrected chi connectivity index (χ0v) is 14.2. The lowest BCUT2D eigenvalue weighted by Crippen LogP contribution is -2.31. The molecule has 5 nitrogen and oxygen atoms in total. The minimum atomic E-state index is -0.108. The summed E-state index contributed by atoms with van der Waals surface area (Å²) in [6, 6.07) is 7.79. The van der Waals surface area contributed by atoms with Crippen molar-refractivity contribution in [1.82, 2.24) is 15.6 Å². The maximum absolute atomic E-state index is 12.8. The smallest absolute Gasteiger partial charge is 0.252 e. The summed E-state index contributed by atoms with van der Waals surface area (Å²) in [7, 11) is 1.60. The lowest BCUT2D eigenvalue weighted by Gasteiger charge is -2.24. The Bertz CT molecular complexity index is 786. The van der Waals surface area contributed by atoms with Gasteiger partial charge in [0.15, 0.2) is 0 Å². The Kier molecular flexibility index (Phi) is 4.79. The maximum Gasteiger partial charge on any atom is 0.252 e. The number of nitrogens with one attached hydrogen (secondary N) is 2. The van der Waals surface area contributed by atoms with Crippen LogP contribution in [0.2, 0.25) is 0 Å². The first kappa shape index (κ1) is 16.4. The highest BCUT2D eigenvalue weighted by atomic mass is 16.2. The maximum atomic E-state index is 12.8. The van der Waals surface area contributed by atoms with Crippen LogP contribution in [0.25, 0.3) is 10.9 Å². The van der Waals surface area contributed by atoms with Gasteiger partial charge in [-0.1, -0.05) is 25.1 Å². The fourth-order valence-electron chi connectivity index (χ4n) is 3.32. The van der Waals surface area contributed by atoms with Crippen molar-refractivity contribution in [2.45, 2.75) is 32.6 Å². The number of carbonyl (C=O) groups excluding carboxylic acids is 2. The Labute approximate surface area is 141 Å². The number of carbonyl (C=O) groups is 2. The Balaban J connectivity index is 1.97. The largest absolute Gasteiger partial charge is 0.359 e. The van der Waals surface area contributed by atoms with E-state index in [2.05, 4.69) is 17.6 Å². The van der Waals surface area contributed by atoms with Gasteiger partial charge >= 0.3 is 0 Å². The number of hydrogen-bond donors (Lipinski definition) is 2. The molecule has 0 aliphatic heterocycles. The zero-order chi connectivity index (χ0) is 17.1. The molecule has 0 fully saturated rings. The van der Waals surface area contributed by atoms with Gasteiger partial charge in [-0.15, -0.1) is 0 Å². The summed E-state index contributed by atoms with van der Waals surface area (Å²) >= 11 is 0. The number of fused-ring (bicyclic) bond motifs is 2. The Hall–Kier alpha value is -2.43. The number of aryl methyl sites for hydroxylation is 1. The van der Waals surface area contributed by atoms with Gasteiger partial charge in [0.2, 0.25) is 5.91 Å². The number of nitrogens with zero attached hydrogens (tertiary/aromatic N) is 1. The molecule has 1 aliphatic carbocycles. The van der Waals surface area contributed by atoms with Gasteiger partial charge in [-0.25, -0.2) is 0 Å². The Morgan fingerprint density at radius 1 is 1.29 bits per heavy atom. The average molecular weight is 325 g/mol. The van der Waals surface area contributed by atoms with Gasteiger partial charge in [0.05, 0.1) is 11.1 Å². The molecule has 24 heavy (non-hydrogen) atoms. The van der Waals surface area contributed by atoms with E-state index in [4.69, 9.17) is 4.98 Å². The van der Waals surface area contributed by atoms with Gasteiger partial charge in [0.25, 0.3) is 5.91 Å². The van der Waals surface area contributed by atoms with Crippen LogP contribution < -0.4 is 10.6 Å². The molecule has 126 valence electrons. The molecule has 0 saturated carbocycles. The molecule has 1 aromatic carbocycles. The third-order valence-electron chi connectivity index (χ3n) is 4.65. The molecule has 0 radical (unpaired) electrons. The van der Waals surface area contributed by atoms with Gasteiger partial charge in [-0.2, -0.15) is 0 Å². The van der Waals surface area contributed by atoms with E-state index < -0.39 is 0 Å². The molecule has 5 heteroatoms. The molecule has 2 aromatic rings. The minimum absolute atomic E-state index is 0.0782. The van der Waals surface area contributed by atoms with E-state index in [1.54, 1.807) is 7.05 Å². The van der Waals surface area contributed by atoms with Crippen LogP contribution in [0.1, 0.15) is 41.4 Å². The monoisotopic (exact) mass is 325 g/mol. The summed E-state index contributed by atoms with van der Waals surface area (Å²) < 4.78 is 0. The number of aromatic nitrogens is 1. The first-order valence-electron chi connectivity index (χ1n) is 8.49. The highest BCUT2D eigenvalue weighted by Gasteiger charge is 2.25. The van der Waals surface area contributed by atoms with E-state index in [1.807, 2.05) is 24.3 Å². The summed E-state index contributed by atoms with van der Waals surface area (Å²) in [4.78, 5) is 29.0. The van der Waals surface area contributed by atoms with Crippen LogP contribution in [0.15, 0.2) is 24.3 Å². The molecule has 2 amide bonds. The van der Waals surface area contributed by atoms with Crippen LogP contribution in [0, 0.1) is 5.92 Å². The van der Waals surface area contributed by atoms with E-state index in [1.165, 1.54) is 0 Å². The van der Waals surface area contributed by atoms with Gasteiger partial charge < -0.3 is 10.6 Å². The van der Waals surface area contributed by atoms with E-state index in [0.29, 0.717) is 12.5 Å². The molecular weight excluding hydrogens is 302 g/mol. The second-order valence-corrected chi connectivity index (χ2v) is 6.46. The zero-order valence-electron chi connectivity index (χ0n) is 14.2. The molecule has 3 rings (SSSR count). The number of rotatable bonds is 4. The van der Waals surface area contributed by atoms with Gasteiger partial charge in [-0.05, 0) is 36.8 Å². The van der Waals surface area contributed by atoms with Gasteiger partial charge in [0.1, 0.15) is 0 Å². The third kappa shape index (κ3) is 3.25. The second-order valence-electron chi connectivity index (χ2n) is 6.46. The standard InChI is InChI=1S/C19H23N3O2/c1-12-7-8-16-14(11-12)18(13-5-3-4-6-15(13)22-16)19(24)21-10-9-17(23)20-2/h3-6,12H,7-11H2,1-2H3,(H,20,23)(H,21,24)/t12-/m0/s1. The molecule has 1 aromatic heterocycles. The summed E-state index contributed by atoms with van der Waals surface area (Å²) in [5.41, 5.74) is 3.72. The molecule has 0 saturated heterocycles. The summed E-state index contributed by atoms with van der Waals surface area (Å²) in [5.74, 6) is 0.367. The van der Waals surface area contributed by atoms with E-state index >= 15 is 0 Å². The molecule has 0 unspecified atom stereocenters. The van der Waals surface area contributed by atoms with Crippen LogP contribution >= 0.6 is 0 Å². The average Bonchev–Trinajstić information content (AvgIpc) is 2.59. The molecule has 1 atom stereocenters. The van der Waals surface area contributed by atoms with Crippen molar-refractivity contribution in [2.75, 3.05) is 13.6 Å². The fourth-order valence-corrected chi connectivity index (χ4v) is 3.32. The quantitative estimate of drug-likeness (QED) is 0.905. The molecule has 0 spiro atoms. The summed E-state index contributed by atoms with van der Waals surface area (Å²) in [6.45, 7) is 2.55. The number of benzene rings is 1. The lowest BCUT2D eigenvalue weighted by molar-refractivity contribution is -0.120. The van der Waals surface area contributed by atoms with Crippen molar-refractivity contribution in [3.8, 4) is 0 Å². The molecule has 0 bridgehead atoms. The van der Waals surface area contributed by atoms with Crippen molar-refractivity contribution in [3.63, 3.8) is 0 Å². The Morgan fingerprint density at radius 3 is 2.88 bits per heavy atom. The van der Waals surface area contributed by atoms with E-state index in [9.17, 15) is 9.59 Å². The lowest BCUT2D eigenvalue weighted by atomic mass is 9.84. The van der Waals surface area contributed by atoms with Crippen LogP contribution in [0.4, 0.5) is 0 Å². The normalized spacial score (nSPS) is 16.5. The predicted octanol–water partition coefficient (Wildman–Crippen LogP) is 2.23. The summed E-state index contributed by atoms with van der Waals surface area (Å²) in [5, 5.41) is 6.35. The van der Waals surface area contributed by atoms with E-state index in [0.717, 1.165) is 47.0 Å².